The number of hydrogen-bond acceptors (Lipinski definition) is 3. The Kier molecular flexibility index (Phi) is 6.97. The second-order valence-electron chi connectivity index (χ2n) is 2.94. The zero-order valence-corrected chi connectivity index (χ0v) is 9.92. The number of rotatable bonds is 5. The van der Waals surface area contributed by atoms with Crippen LogP contribution in [0.3, 0.4) is 0 Å². The van der Waals surface area contributed by atoms with Crippen molar-refractivity contribution in [3.05, 3.63) is 0 Å². The topological polar surface area (TPSA) is 173 Å². The van der Waals surface area contributed by atoms with Crippen molar-refractivity contribution in [3.63, 3.8) is 0 Å². The lowest BCUT2D eigenvalue weighted by Crippen LogP contribution is -2.19. The van der Waals surface area contributed by atoms with E-state index >= 15 is 0 Å². The molecule has 0 saturated heterocycles. The normalized spacial score (nSPS) is 13.7. The fraction of sp³-hybridized carbons (Fsp3) is 1.00. The fourth-order valence-corrected chi connectivity index (χ4v) is 5.36. The third kappa shape index (κ3) is 9.72. The zero-order chi connectivity index (χ0) is 12.5. The Morgan fingerprint density at radius 2 is 1.00 bits per heavy atom. The van der Waals surface area contributed by atoms with Gasteiger partial charge in [-0.3, -0.25) is 13.7 Å². The van der Waals surface area contributed by atoms with Crippen LogP contribution in [0.1, 0.15) is 0 Å². The predicted molar refractivity (Wildman–Crippen MR) is 59.6 cm³/mol. The van der Waals surface area contributed by atoms with E-state index in [4.69, 9.17) is 29.4 Å². The van der Waals surface area contributed by atoms with E-state index in [-0.39, 0.29) is 8.41 Å². The molecule has 0 aromatic rings. The Bertz CT molecular complexity index is 325. The average molecular weight is 298 g/mol. The van der Waals surface area contributed by atoms with Gasteiger partial charge < -0.3 is 29.4 Å². The predicted octanol–water partition coefficient (Wildman–Crippen LogP) is -2.30. The smallest absolute Gasteiger partial charge is 0.324 e. The van der Waals surface area contributed by atoms with Gasteiger partial charge in [0.2, 0.25) is 0 Å². The molecule has 0 fully saturated rings. The minimum Gasteiger partial charge on any atom is -0.324 e. The van der Waals surface area contributed by atoms with Gasteiger partial charge in [-0.25, -0.2) is 0 Å². The van der Waals surface area contributed by atoms with Crippen molar-refractivity contribution < 1.29 is 43.1 Å². The Labute approximate surface area is 92.9 Å². The molecule has 0 rings (SSSR count). The van der Waals surface area contributed by atoms with Gasteiger partial charge in [-0.05, 0) is 0 Å². The quantitative estimate of drug-likeness (QED) is 0.241. The van der Waals surface area contributed by atoms with E-state index in [1.165, 1.54) is 0 Å². The third-order valence-corrected chi connectivity index (χ3v) is 5.10. The minimum atomic E-state index is -4.95. The molecular weight excluding hydrogens is 284 g/mol. The largest absolute Gasteiger partial charge is 0.329 e. The molecule has 0 heterocycles. The van der Waals surface area contributed by atoms with Gasteiger partial charge in [-0.2, -0.15) is 0 Å². The second-order valence-corrected chi connectivity index (χ2v) is 8.23. The van der Waals surface area contributed by atoms with E-state index in [0.717, 1.165) is 0 Å². The highest BCUT2D eigenvalue weighted by Crippen LogP contribution is 2.53. The van der Waals surface area contributed by atoms with E-state index in [0.29, 0.717) is 0 Å². The molecule has 0 aliphatic rings. The zero-order valence-electron chi connectivity index (χ0n) is 7.24. The van der Waals surface area contributed by atoms with E-state index in [1.54, 1.807) is 0 Å². The van der Waals surface area contributed by atoms with Crippen molar-refractivity contribution >= 4 is 31.2 Å². The van der Waals surface area contributed by atoms with Crippen LogP contribution in [-0.2, 0) is 13.7 Å². The van der Waals surface area contributed by atoms with Crippen LogP contribution in [-0.4, -0.2) is 55.8 Å². The monoisotopic (exact) mass is 298 g/mol. The van der Waals surface area contributed by atoms with Crippen molar-refractivity contribution in [3.8, 4) is 0 Å². The standard InChI is InChI=1S/C3H11O9P3.BH3/c4-13(5,6)1-3(15(10,11)12)2-14(7,8)9;/h3H,1-2H2,(H2,4,5,6)(H2,7,8,9)(H2,10,11,12);1H3. The first kappa shape index (κ1) is 18.9. The van der Waals surface area contributed by atoms with Gasteiger partial charge in [0.15, 0.2) is 0 Å². The molecule has 0 aliphatic heterocycles. The molecule has 0 aromatic carbocycles. The molecule has 6 N–H and O–H groups in total. The molecule has 16 heavy (non-hydrogen) atoms. The molecule has 0 spiro atoms. The summed E-state index contributed by atoms with van der Waals surface area (Å²) < 4.78 is 31.6. The molecule has 0 radical (unpaired) electrons. The van der Waals surface area contributed by atoms with E-state index < -0.39 is 40.8 Å². The van der Waals surface area contributed by atoms with Gasteiger partial charge in [0.05, 0.1) is 26.4 Å². The third-order valence-electron chi connectivity index (χ3n) is 1.37. The van der Waals surface area contributed by atoms with E-state index in [2.05, 4.69) is 0 Å². The Morgan fingerprint density at radius 3 is 1.12 bits per heavy atom. The molecule has 98 valence electrons. The minimum absolute atomic E-state index is 0. The molecule has 0 unspecified atom stereocenters. The maximum Gasteiger partial charge on any atom is 0.329 e. The van der Waals surface area contributed by atoms with Gasteiger partial charge in [0.1, 0.15) is 0 Å². The summed E-state index contributed by atoms with van der Waals surface area (Å²) in [6.07, 6.45) is -2.52. The SMILES string of the molecule is B.O=P(O)(O)CC(CP(=O)(O)O)P(=O)(O)O. The summed E-state index contributed by atoms with van der Waals surface area (Å²) in [7, 11) is -14.4. The molecule has 0 aromatic heterocycles. The molecule has 0 atom stereocenters. The molecule has 13 heteroatoms. The lowest BCUT2D eigenvalue weighted by molar-refractivity contribution is 0.340. The van der Waals surface area contributed by atoms with Crippen LogP contribution in [0.25, 0.3) is 0 Å². The van der Waals surface area contributed by atoms with Crippen molar-refractivity contribution in [2.45, 2.75) is 5.66 Å². The van der Waals surface area contributed by atoms with Crippen LogP contribution in [0.5, 0.6) is 0 Å². The maximum absolute atomic E-state index is 10.7. The van der Waals surface area contributed by atoms with Gasteiger partial charge in [0.25, 0.3) is 0 Å². The van der Waals surface area contributed by atoms with Gasteiger partial charge in [-0.1, -0.05) is 0 Å². The highest BCUT2D eigenvalue weighted by molar-refractivity contribution is 7.59. The van der Waals surface area contributed by atoms with Gasteiger partial charge in [-0.15, -0.1) is 0 Å². The summed E-state index contributed by atoms with van der Waals surface area (Å²) in [5, 5.41) is 0. The van der Waals surface area contributed by atoms with Gasteiger partial charge in [0, 0.05) is 0 Å². The second kappa shape index (κ2) is 5.91. The lowest BCUT2D eigenvalue weighted by atomic mass is 10.5. The Morgan fingerprint density at radius 1 is 0.750 bits per heavy atom. The van der Waals surface area contributed by atoms with Crippen LogP contribution < -0.4 is 0 Å². The molecule has 0 aliphatic carbocycles. The highest BCUT2D eigenvalue weighted by Gasteiger charge is 2.39. The molecule has 0 saturated carbocycles. The van der Waals surface area contributed by atoms with Crippen molar-refractivity contribution in [1.82, 2.24) is 0 Å². The summed E-state index contributed by atoms with van der Waals surface area (Å²) >= 11 is 0. The maximum atomic E-state index is 10.7. The summed E-state index contributed by atoms with van der Waals surface area (Å²) in [6, 6.07) is 0. The first-order chi connectivity index (χ1) is 6.31. The van der Waals surface area contributed by atoms with Crippen molar-refractivity contribution in [2.24, 2.45) is 0 Å². The average Bonchev–Trinajstić information content (AvgIpc) is 1.75. The van der Waals surface area contributed by atoms with E-state index in [1.807, 2.05) is 0 Å². The first-order valence-corrected chi connectivity index (χ1v) is 8.73. The molecule has 0 amide bonds. The van der Waals surface area contributed by atoms with Gasteiger partial charge >= 0.3 is 22.8 Å². The Balaban J connectivity index is 0. The molecular formula is C3H14BO9P3. The van der Waals surface area contributed by atoms with Crippen LogP contribution >= 0.6 is 22.8 Å². The van der Waals surface area contributed by atoms with E-state index in [9.17, 15) is 13.7 Å². The highest BCUT2D eigenvalue weighted by atomic mass is 31.2. The number of hydrogen-bond donors (Lipinski definition) is 6. The Hall–Kier alpha value is 0.515. The fourth-order valence-electron chi connectivity index (χ4n) is 0.820. The van der Waals surface area contributed by atoms with Crippen LogP contribution in [0, 0.1) is 0 Å². The summed E-state index contributed by atoms with van der Waals surface area (Å²) in [5.74, 6) is 0. The van der Waals surface area contributed by atoms with Crippen molar-refractivity contribution in [2.75, 3.05) is 12.3 Å². The molecule has 0 bridgehead atoms. The van der Waals surface area contributed by atoms with Crippen molar-refractivity contribution in [1.29, 1.82) is 0 Å². The summed E-state index contributed by atoms with van der Waals surface area (Å²) in [5.41, 5.74) is -2.04. The van der Waals surface area contributed by atoms with Crippen LogP contribution in [0.2, 0.25) is 0 Å². The first-order valence-electron chi connectivity index (χ1n) is 3.45. The van der Waals surface area contributed by atoms with Crippen LogP contribution in [0.4, 0.5) is 0 Å². The molecule has 9 nitrogen and oxygen atoms in total. The lowest BCUT2D eigenvalue weighted by Gasteiger charge is -2.19. The summed E-state index contributed by atoms with van der Waals surface area (Å²) in [4.78, 5) is 51.1. The van der Waals surface area contributed by atoms with Crippen LogP contribution in [0.15, 0.2) is 0 Å². The summed E-state index contributed by atoms with van der Waals surface area (Å²) in [6.45, 7) is 0.